The third kappa shape index (κ3) is 3.44. The fourth-order valence-electron chi connectivity index (χ4n) is 1.95. The molecule has 0 bridgehead atoms. The Morgan fingerprint density at radius 2 is 2.25 bits per heavy atom. The van der Waals surface area contributed by atoms with Crippen LogP contribution in [0, 0.1) is 0 Å². The predicted octanol–water partition coefficient (Wildman–Crippen LogP) is 0.493. The average Bonchev–Trinajstić information content (AvgIpc) is 2.94. The fourth-order valence-corrected chi connectivity index (χ4v) is 4.91. The van der Waals surface area contributed by atoms with Gasteiger partial charge in [-0.1, -0.05) is 18.9 Å². The van der Waals surface area contributed by atoms with E-state index in [9.17, 15) is 8.42 Å². The molecule has 2 heterocycles. The van der Waals surface area contributed by atoms with Gasteiger partial charge < -0.3 is 14.6 Å². The van der Waals surface area contributed by atoms with Crippen LogP contribution >= 0.6 is 11.8 Å². The van der Waals surface area contributed by atoms with Gasteiger partial charge in [0.15, 0.2) is 9.84 Å². The van der Waals surface area contributed by atoms with Crippen molar-refractivity contribution in [1.82, 2.24) is 15.5 Å². The lowest BCUT2D eigenvalue weighted by Gasteiger charge is -2.32. The molecule has 0 amide bonds. The number of nitrogens with one attached hydrogen (secondary N) is 1. The molecule has 0 radical (unpaired) electrons. The standard InChI is InChI=1S/C11H20N4O3S2/c1-3-12-7-9-13-14-11(18-9)15-5-6-19-8-10(15)20(16,17)4-2/h10,12H,3-8H2,1-2H3. The van der Waals surface area contributed by atoms with Crippen LogP contribution in [0.15, 0.2) is 4.42 Å². The number of thioether (sulfide) groups is 1. The highest BCUT2D eigenvalue weighted by Gasteiger charge is 2.35. The summed E-state index contributed by atoms with van der Waals surface area (Å²) in [6.07, 6.45) is 0. The first kappa shape index (κ1) is 15.6. The number of aromatic nitrogens is 2. The fraction of sp³-hybridized carbons (Fsp3) is 0.818. The minimum absolute atomic E-state index is 0.118. The van der Waals surface area contributed by atoms with E-state index in [0.29, 0.717) is 30.7 Å². The first-order valence-corrected chi connectivity index (χ1v) is 9.54. The first-order valence-electron chi connectivity index (χ1n) is 6.67. The number of nitrogens with zero attached hydrogens (tertiary/aromatic N) is 3. The van der Waals surface area contributed by atoms with Crippen LogP contribution in [0.3, 0.4) is 0 Å². The van der Waals surface area contributed by atoms with Crippen LogP contribution in [0.4, 0.5) is 6.01 Å². The Bertz CT molecular complexity index is 532. The van der Waals surface area contributed by atoms with E-state index >= 15 is 0 Å². The summed E-state index contributed by atoms with van der Waals surface area (Å²) in [5, 5.41) is 10.5. The zero-order chi connectivity index (χ0) is 14.6. The van der Waals surface area contributed by atoms with Crippen LogP contribution < -0.4 is 10.2 Å². The highest BCUT2D eigenvalue weighted by atomic mass is 32.2. The number of sulfone groups is 1. The summed E-state index contributed by atoms with van der Waals surface area (Å²) in [5.74, 6) is 2.00. The minimum Gasteiger partial charge on any atom is -0.407 e. The van der Waals surface area contributed by atoms with Crippen molar-refractivity contribution < 1.29 is 12.8 Å². The molecule has 1 N–H and O–H groups in total. The Hall–Kier alpha value is -0.800. The normalized spacial score (nSPS) is 20.3. The van der Waals surface area contributed by atoms with E-state index in [1.54, 1.807) is 23.6 Å². The van der Waals surface area contributed by atoms with Crippen molar-refractivity contribution in [2.75, 3.05) is 35.2 Å². The van der Waals surface area contributed by atoms with E-state index in [4.69, 9.17) is 4.42 Å². The van der Waals surface area contributed by atoms with Gasteiger partial charge in [-0.2, -0.15) is 11.8 Å². The Morgan fingerprint density at radius 3 is 2.95 bits per heavy atom. The molecule has 0 spiro atoms. The zero-order valence-electron chi connectivity index (χ0n) is 11.7. The van der Waals surface area contributed by atoms with Gasteiger partial charge in [0.1, 0.15) is 5.37 Å². The molecule has 0 saturated carbocycles. The predicted molar refractivity (Wildman–Crippen MR) is 79.6 cm³/mol. The van der Waals surface area contributed by atoms with Gasteiger partial charge in [0, 0.05) is 23.8 Å². The second-order valence-electron chi connectivity index (χ2n) is 4.43. The molecule has 1 unspecified atom stereocenters. The van der Waals surface area contributed by atoms with Gasteiger partial charge >= 0.3 is 6.01 Å². The smallest absolute Gasteiger partial charge is 0.319 e. The lowest BCUT2D eigenvalue weighted by molar-refractivity contribution is 0.461. The largest absolute Gasteiger partial charge is 0.407 e. The van der Waals surface area contributed by atoms with E-state index in [-0.39, 0.29) is 5.75 Å². The van der Waals surface area contributed by atoms with E-state index in [1.165, 1.54) is 0 Å². The molecular formula is C11H20N4O3S2. The quantitative estimate of drug-likeness (QED) is 0.810. The van der Waals surface area contributed by atoms with Crippen molar-refractivity contribution in [2.45, 2.75) is 25.8 Å². The monoisotopic (exact) mass is 320 g/mol. The van der Waals surface area contributed by atoms with Gasteiger partial charge in [0.2, 0.25) is 5.89 Å². The Morgan fingerprint density at radius 1 is 1.45 bits per heavy atom. The Labute approximate surface area is 123 Å². The molecule has 0 aliphatic carbocycles. The molecule has 1 saturated heterocycles. The third-order valence-electron chi connectivity index (χ3n) is 3.13. The molecule has 114 valence electrons. The molecule has 2 rings (SSSR count). The summed E-state index contributed by atoms with van der Waals surface area (Å²) in [6, 6.07) is 0.306. The van der Waals surface area contributed by atoms with Crippen LogP contribution in [0.2, 0.25) is 0 Å². The van der Waals surface area contributed by atoms with E-state index in [0.717, 1.165) is 12.3 Å². The molecule has 1 aliphatic heterocycles. The topological polar surface area (TPSA) is 88.3 Å². The lowest BCUT2D eigenvalue weighted by atomic mass is 10.5. The summed E-state index contributed by atoms with van der Waals surface area (Å²) >= 11 is 1.64. The van der Waals surface area contributed by atoms with Gasteiger partial charge in [-0.05, 0) is 6.54 Å². The minimum atomic E-state index is -3.16. The average molecular weight is 320 g/mol. The van der Waals surface area contributed by atoms with Crippen LogP contribution in [0.5, 0.6) is 0 Å². The molecule has 7 nitrogen and oxygen atoms in total. The van der Waals surface area contributed by atoms with E-state index < -0.39 is 15.2 Å². The third-order valence-corrected chi connectivity index (χ3v) is 6.42. The summed E-state index contributed by atoms with van der Waals surface area (Å²) in [4.78, 5) is 1.72. The molecule has 1 aromatic rings. The molecular weight excluding hydrogens is 300 g/mol. The summed E-state index contributed by atoms with van der Waals surface area (Å²) in [5.41, 5.74) is 0. The van der Waals surface area contributed by atoms with E-state index in [2.05, 4.69) is 15.5 Å². The number of anilines is 1. The van der Waals surface area contributed by atoms with Crippen LogP contribution in [-0.2, 0) is 16.4 Å². The summed E-state index contributed by atoms with van der Waals surface area (Å²) < 4.78 is 29.9. The van der Waals surface area contributed by atoms with Crippen molar-refractivity contribution in [3.8, 4) is 0 Å². The second-order valence-corrected chi connectivity index (χ2v) is 8.03. The number of rotatable bonds is 6. The summed E-state index contributed by atoms with van der Waals surface area (Å²) in [6.45, 7) is 5.57. The van der Waals surface area contributed by atoms with Crippen molar-refractivity contribution in [3.63, 3.8) is 0 Å². The molecule has 1 aromatic heterocycles. The molecule has 20 heavy (non-hydrogen) atoms. The highest BCUT2D eigenvalue weighted by molar-refractivity contribution is 8.01. The van der Waals surface area contributed by atoms with Crippen LogP contribution in [0.1, 0.15) is 19.7 Å². The molecule has 9 heteroatoms. The van der Waals surface area contributed by atoms with Crippen LogP contribution in [0.25, 0.3) is 0 Å². The maximum absolute atomic E-state index is 12.2. The molecule has 1 atom stereocenters. The highest BCUT2D eigenvalue weighted by Crippen LogP contribution is 2.26. The van der Waals surface area contributed by atoms with Gasteiger partial charge in [0.25, 0.3) is 0 Å². The Kier molecular flexibility index (Phi) is 5.28. The van der Waals surface area contributed by atoms with Gasteiger partial charge in [-0.3, -0.25) is 0 Å². The van der Waals surface area contributed by atoms with Crippen molar-refractivity contribution in [1.29, 1.82) is 0 Å². The number of hydrogen-bond acceptors (Lipinski definition) is 8. The van der Waals surface area contributed by atoms with Crippen molar-refractivity contribution in [3.05, 3.63) is 5.89 Å². The lowest BCUT2D eigenvalue weighted by Crippen LogP contribution is -2.48. The number of hydrogen-bond donors (Lipinski definition) is 1. The van der Waals surface area contributed by atoms with Gasteiger partial charge in [0.05, 0.1) is 6.54 Å². The first-order chi connectivity index (χ1) is 9.58. The molecule has 1 aliphatic rings. The SMILES string of the molecule is CCNCc1nnc(N2CCSCC2S(=O)(=O)CC)o1. The van der Waals surface area contributed by atoms with Gasteiger partial charge in [-0.25, -0.2) is 8.42 Å². The van der Waals surface area contributed by atoms with Crippen molar-refractivity contribution >= 4 is 27.6 Å². The maximum atomic E-state index is 12.2. The Balaban J connectivity index is 2.17. The zero-order valence-corrected chi connectivity index (χ0v) is 13.3. The van der Waals surface area contributed by atoms with Gasteiger partial charge in [-0.15, -0.1) is 5.10 Å². The molecule has 1 fully saturated rings. The van der Waals surface area contributed by atoms with Crippen LogP contribution in [-0.4, -0.2) is 54.3 Å². The maximum Gasteiger partial charge on any atom is 0.319 e. The second kappa shape index (κ2) is 6.77. The van der Waals surface area contributed by atoms with E-state index in [1.807, 2.05) is 6.92 Å². The van der Waals surface area contributed by atoms with Crippen molar-refractivity contribution in [2.24, 2.45) is 0 Å². The summed E-state index contributed by atoms with van der Waals surface area (Å²) in [7, 11) is -3.16. The molecule has 0 aromatic carbocycles.